The molecule has 0 aromatic heterocycles. The van der Waals surface area contributed by atoms with Crippen LogP contribution in [0.2, 0.25) is 10.0 Å². The number of methoxy groups -OCH3 is 2. The van der Waals surface area contributed by atoms with E-state index < -0.39 is 12.3 Å². The number of hydrogen-bond donors (Lipinski definition) is 0. The Balaban J connectivity index is 2.46. The highest BCUT2D eigenvalue weighted by atomic mass is 35.5. The van der Waals surface area contributed by atoms with E-state index in [4.69, 9.17) is 32.7 Å². The maximum atomic E-state index is 11.7. The zero-order valence-corrected chi connectivity index (χ0v) is 15.2. The number of rotatable bonds is 2. The minimum Gasteiger partial charge on any atom is -0.437 e. The van der Waals surface area contributed by atoms with Gasteiger partial charge in [-0.3, -0.25) is 0 Å². The van der Waals surface area contributed by atoms with E-state index >= 15 is 0 Å². The second kappa shape index (κ2) is 7.27. The molecule has 3 rings (SSSR count). The van der Waals surface area contributed by atoms with E-state index in [-0.39, 0.29) is 16.5 Å². The Morgan fingerprint density at radius 1 is 0.808 bits per heavy atom. The molecule has 0 bridgehead atoms. The topological polar surface area (TPSA) is 71.1 Å². The highest BCUT2D eigenvalue weighted by Crippen LogP contribution is 2.46. The Morgan fingerprint density at radius 2 is 1.46 bits per heavy atom. The van der Waals surface area contributed by atoms with E-state index in [0.29, 0.717) is 26.6 Å². The van der Waals surface area contributed by atoms with Crippen molar-refractivity contribution in [1.82, 2.24) is 0 Å². The summed E-state index contributed by atoms with van der Waals surface area (Å²) in [6.45, 7) is 0. The van der Waals surface area contributed by atoms with Crippen molar-refractivity contribution in [2.75, 3.05) is 14.2 Å². The van der Waals surface area contributed by atoms with E-state index in [1.54, 1.807) is 36.4 Å². The molecule has 0 atom stereocenters. The van der Waals surface area contributed by atoms with Gasteiger partial charge in [0.2, 0.25) is 0 Å². The number of fused-ring (bicyclic) bond motifs is 2. The molecule has 0 radical (unpaired) electrons. The molecule has 134 valence electrons. The van der Waals surface area contributed by atoms with Gasteiger partial charge in [-0.2, -0.15) is 0 Å². The van der Waals surface area contributed by atoms with Crippen LogP contribution < -0.4 is 9.47 Å². The molecule has 0 amide bonds. The number of carbonyl (C=O) groups is 2. The maximum absolute atomic E-state index is 11.7. The van der Waals surface area contributed by atoms with Gasteiger partial charge in [0.25, 0.3) is 0 Å². The summed E-state index contributed by atoms with van der Waals surface area (Å²) in [6, 6.07) is 9.80. The van der Waals surface area contributed by atoms with Gasteiger partial charge in [-0.05, 0) is 24.3 Å². The Hall–Kier alpha value is -2.70. The van der Waals surface area contributed by atoms with Crippen molar-refractivity contribution < 1.29 is 28.5 Å². The predicted molar refractivity (Wildman–Crippen MR) is 97.5 cm³/mol. The maximum Gasteiger partial charge on any atom is 0.513 e. The Morgan fingerprint density at radius 3 is 2.12 bits per heavy atom. The fourth-order valence-corrected chi connectivity index (χ4v) is 3.02. The van der Waals surface area contributed by atoms with Gasteiger partial charge in [0, 0.05) is 26.6 Å². The summed E-state index contributed by atoms with van der Waals surface area (Å²) in [5, 5.41) is 2.40. The largest absolute Gasteiger partial charge is 0.513 e. The Labute approximate surface area is 158 Å². The van der Waals surface area contributed by atoms with Gasteiger partial charge in [0.05, 0.1) is 19.2 Å². The van der Waals surface area contributed by atoms with Crippen molar-refractivity contribution in [2.45, 2.75) is 0 Å². The average molecular weight is 395 g/mol. The summed E-state index contributed by atoms with van der Waals surface area (Å²) in [7, 11) is 2.39. The molecule has 0 aliphatic rings. The molecule has 3 aromatic carbocycles. The third-order valence-corrected chi connectivity index (χ3v) is 4.21. The van der Waals surface area contributed by atoms with E-state index in [0.717, 1.165) is 0 Å². The molecule has 6 nitrogen and oxygen atoms in total. The molecule has 0 unspecified atom stereocenters. The fraction of sp³-hybridized carbons (Fsp3) is 0.111. The van der Waals surface area contributed by atoms with Crippen molar-refractivity contribution in [3.63, 3.8) is 0 Å². The summed E-state index contributed by atoms with van der Waals surface area (Å²) < 4.78 is 19.9. The van der Waals surface area contributed by atoms with E-state index in [1.807, 2.05) is 0 Å². The minimum absolute atomic E-state index is 0.146. The lowest BCUT2D eigenvalue weighted by atomic mass is 10.0. The third kappa shape index (κ3) is 3.21. The van der Waals surface area contributed by atoms with Crippen LogP contribution in [0, 0.1) is 0 Å². The van der Waals surface area contributed by atoms with Crippen LogP contribution in [-0.4, -0.2) is 26.5 Å². The van der Waals surface area contributed by atoms with Gasteiger partial charge in [-0.1, -0.05) is 35.3 Å². The molecule has 0 saturated carbocycles. The van der Waals surface area contributed by atoms with Gasteiger partial charge in [0.1, 0.15) is 0 Å². The summed E-state index contributed by atoms with van der Waals surface area (Å²) in [5.41, 5.74) is 0. The van der Waals surface area contributed by atoms with Crippen LogP contribution >= 0.6 is 23.2 Å². The molecule has 0 heterocycles. The van der Waals surface area contributed by atoms with Crippen LogP contribution in [0.25, 0.3) is 21.5 Å². The van der Waals surface area contributed by atoms with Crippen LogP contribution in [-0.2, 0) is 9.47 Å². The molecule has 0 N–H and O–H groups in total. The highest BCUT2D eigenvalue weighted by Gasteiger charge is 2.22. The van der Waals surface area contributed by atoms with Crippen LogP contribution in [0.1, 0.15) is 0 Å². The standard InChI is InChI=1S/C18H12Cl2O6/c1-23-17(21)25-15-10-7-6-9(19)8-12(10)16(26-18(22)24-2)14-11(15)4-3-5-13(14)20/h3-8H,1-2H3. The van der Waals surface area contributed by atoms with Crippen molar-refractivity contribution >= 4 is 57.1 Å². The summed E-state index contributed by atoms with van der Waals surface area (Å²) in [5.74, 6) is 0.352. The summed E-state index contributed by atoms with van der Waals surface area (Å²) in [6.07, 6.45) is -1.82. The zero-order chi connectivity index (χ0) is 18.8. The van der Waals surface area contributed by atoms with Gasteiger partial charge in [0.15, 0.2) is 11.5 Å². The molecule has 0 aliphatic heterocycles. The molecule has 3 aromatic rings. The molecule has 0 fully saturated rings. The monoisotopic (exact) mass is 394 g/mol. The molecule has 8 heteroatoms. The lowest BCUT2D eigenvalue weighted by Gasteiger charge is -2.16. The number of ether oxygens (including phenoxy) is 4. The smallest absolute Gasteiger partial charge is 0.437 e. The second-order valence-electron chi connectivity index (χ2n) is 5.12. The Kier molecular flexibility index (Phi) is 5.06. The Bertz CT molecular complexity index is 1030. The van der Waals surface area contributed by atoms with Crippen molar-refractivity contribution in [2.24, 2.45) is 0 Å². The minimum atomic E-state index is -0.922. The number of hydrogen-bond acceptors (Lipinski definition) is 6. The van der Waals surface area contributed by atoms with Crippen molar-refractivity contribution in [3.05, 3.63) is 46.4 Å². The SMILES string of the molecule is COC(=O)Oc1c2ccc(Cl)cc2c(OC(=O)OC)c2c(Cl)cccc12. The molecular weight excluding hydrogens is 383 g/mol. The lowest BCUT2D eigenvalue weighted by Crippen LogP contribution is -2.10. The molecule has 26 heavy (non-hydrogen) atoms. The van der Waals surface area contributed by atoms with Crippen LogP contribution in [0.15, 0.2) is 36.4 Å². The van der Waals surface area contributed by atoms with Gasteiger partial charge in [-0.15, -0.1) is 0 Å². The number of carbonyl (C=O) groups excluding carboxylic acids is 2. The van der Waals surface area contributed by atoms with Gasteiger partial charge in [-0.25, -0.2) is 9.59 Å². The van der Waals surface area contributed by atoms with Gasteiger partial charge < -0.3 is 18.9 Å². The fourth-order valence-electron chi connectivity index (χ4n) is 2.59. The summed E-state index contributed by atoms with van der Waals surface area (Å²) >= 11 is 12.4. The quantitative estimate of drug-likeness (QED) is 0.320. The first-order chi connectivity index (χ1) is 12.5. The number of benzene rings is 3. The first kappa shape index (κ1) is 18.1. The molecule has 0 saturated heterocycles. The van der Waals surface area contributed by atoms with Crippen molar-refractivity contribution in [3.8, 4) is 11.5 Å². The molecular formula is C18H12Cl2O6. The third-order valence-electron chi connectivity index (χ3n) is 3.66. The average Bonchev–Trinajstić information content (AvgIpc) is 2.63. The number of halogens is 2. The summed E-state index contributed by atoms with van der Waals surface area (Å²) in [4.78, 5) is 23.5. The van der Waals surface area contributed by atoms with Crippen LogP contribution in [0.3, 0.4) is 0 Å². The van der Waals surface area contributed by atoms with Gasteiger partial charge >= 0.3 is 12.3 Å². The predicted octanol–water partition coefficient (Wildman–Crippen LogP) is 5.59. The lowest BCUT2D eigenvalue weighted by molar-refractivity contribution is 0.120. The normalized spacial score (nSPS) is 10.6. The van der Waals surface area contributed by atoms with E-state index in [2.05, 4.69) is 9.47 Å². The second-order valence-corrected chi connectivity index (χ2v) is 5.97. The first-order valence-corrected chi connectivity index (χ1v) is 8.07. The van der Waals surface area contributed by atoms with E-state index in [9.17, 15) is 9.59 Å². The molecule has 0 aliphatic carbocycles. The first-order valence-electron chi connectivity index (χ1n) is 7.31. The highest BCUT2D eigenvalue weighted by molar-refractivity contribution is 6.38. The zero-order valence-electron chi connectivity index (χ0n) is 13.7. The van der Waals surface area contributed by atoms with E-state index in [1.165, 1.54) is 14.2 Å². The molecule has 0 spiro atoms. The van der Waals surface area contributed by atoms with Crippen LogP contribution in [0.4, 0.5) is 9.59 Å². The van der Waals surface area contributed by atoms with Crippen molar-refractivity contribution in [1.29, 1.82) is 0 Å². The van der Waals surface area contributed by atoms with Crippen LogP contribution in [0.5, 0.6) is 11.5 Å².